The molecule has 0 N–H and O–H groups in total. The lowest BCUT2D eigenvalue weighted by molar-refractivity contribution is 0.374. The fraction of sp³-hybridized carbons (Fsp3) is 0.333. The second kappa shape index (κ2) is 4.22. The second-order valence-corrected chi connectivity index (χ2v) is 3.29. The molecule has 0 aliphatic heterocycles. The monoisotopic (exact) mass is 178 g/mol. The van der Waals surface area contributed by atoms with Crippen molar-refractivity contribution in [2.45, 2.75) is 26.4 Å². The van der Waals surface area contributed by atoms with Crippen molar-refractivity contribution in [3.8, 4) is 0 Å². The Hall–Kier alpha value is -1.11. The van der Waals surface area contributed by atoms with Crippen molar-refractivity contribution in [2.75, 3.05) is 0 Å². The first-order valence-electron chi connectivity index (χ1n) is 4.49. The summed E-state index contributed by atoms with van der Waals surface area (Å²) >= 11 is 0. The number of allylic oxidation sites excluding steroid dienone is 1. The molecule has 0 radical (unpaired) electrons. The zero-order valence-corrected chi connectivity index (χ0v) is 8.18. The van der Waals surface area contributed by atoms with Crippen LogP contribution in [0.15, 0.2) is 30.9 Å². The van der Waals surface area contributed by atoms with Crippen LogP contribution in [0.3, 0.4) is 0 Å². The third kappa shape index (κ3) is 2.41. The molecule has 0 amide bonds. The van der Waals surface area contributed by atoms with Gasteiger partial charge < -0.3 is 0 Å². The largest absolute Gasteiger partial charge is 0.243 e. The number of hydrogen-bond acceptors (Lipinski definition) is 0. The van der Waals surface area contributed by atoms with E-state index < -0.39 is 6.17 Å². The lowest BCUT2D eigenvalue weighted by Crippen LogP contribution is -1.91. The Morgan fingerprint density at radius 1 is 1.54 bits per heavy atom. The van der Waals surface area contributed by atoms with E-state index in [1.807, 2.05) is 31.2 Å². The van der Waals surface area contributed by atoms with Gasteiger partial charge in [-0.05, 0) is 37.0 Å². The highest BCUT2D eigenvalue weighted by Crippen LogP contribution is 2.20. The van der Waals surface area contributed by atoms with E-state index >= 15 is 0 Å². The molecule has 13 heavy (non-hydrogen) atoms. The van der Waals surface area contributed by atoms with Crippen LogP contribution in [0.1, 0.15) is 29.8 Å². The highest BCUT2D eigenvalue weighted by molar-refractivity contribution is 5.33. The van der Waals surface area contributed by atoms with Crippen LogP contribution in [0.4, 0.5) is 4.39 Å². The molecule has 0 nitrogen and oxygen atoms in total. The SMILES string of the molecule is C=CCc1ccc(C(C)F)cc1C. The van der Waals surface area contributed by atoms with Crippen LogP contribution in [-0.2, 0) is 6.42 Å². The average Bonchev–Trinajstić information content (AvgIpc) is 2.08. The predicted octanol–water partition coefficient (Wildman–Crippen LogP) is 3.75. The molecule has 0 saturated carbocycles. The van der Waals surface area contributed by atoms with E-state index in [0.29, 0.717) is 0 Å². The van der Waals surface area contributed by atoms with Crippen molar-refractivity contribution in [3.05, 3.63) is 47.5 Å². The smallest absolute Gasteiger partial charge is 0.122 e. The highest BCUT2D eigenvalue weighted by Gasteiger charge is 2.04. The van der Waals surface area contributed by atoms with E-state index in [-0.39, 0.29) is 0 Å². The number of rotatable bonds is 3. The summed E-state index contributed by atoms with van der Waals surface area (Å²) in [5, 5.41) is 0. The lowest BCUT2D eigenvalue weighted by Gasteiger charge is -2.07. The van der Waals surface area contributed by atoms with Crippen LogP contribution in [-0.4, -0.2) is 0 Å². The molecule has 1 rings (SSSR count). The fourth-order valence-corrected chi connectivity index (χ4v) is 1.35. The summed E-state index contributed by atoms with van der Waals surface area (Å²) in [6, 6.07) is 5.72. The minimum atomic E-state index is -0.878. The van der Waals surface area contributed by atoms with Gasteiger partial charge in [-0.15, -0.1) is 6.58 Å². The van der Waals surface area contributed by atoms with E-state index in [2.05, 4.69) is 6.58 Å². The Bertz CT molecular complexity index is 300. The Balaban J connectivity index is 2.98. The van der Waals surface area contributed by atoms with Gasteiger partial charge in [-0.3, -0.25) is 0 Å². The van der Waals surface area contributed by atoms with Crippen molar-refractivity contribution in [1.29, 1.82) is 0 Å². The summed E-state index contributed by atoms with van der Waals surface area (Å²) < 4.78 is 12.9. The molecule has 1 unspecified atom stereocenters. The van der Waals surface area contributed by atoms with Crippen LogP contribution in [0.5, 0.6) is 0 Å². The zero-order chi connectivity index (χ0) is 9.84. The van der Waals surface area contributed by atoms with E-state index in [4.69, 9.17) is 0 Å². The molecule has 0 fully saturated rings. The summed E-state index contributed by atoms with van der Waals surface area (Å²) in [4.78, 5) is 0. The maximum Gasteiger partial charge on any atom is 0.122 e. The van der Waals surface area contributed by atoms with Gasteiger partial charge in [0.1, 0.15) is 6.17 Å². The van der Waals surface area contributed by atoms with E-state index in [9.17, 15) is 4.39 Å². The number of halogens is 1. The van der Waals surface area contributed by atoms with Crippen molar-refractivity contribution in [2.24, 2.45) is 0 Å². The van der Waals surface area contributed by atoms with Gasteiger partial charge in [0.2, 0.25) is 0 Å². The summed E-state index contributed by atoms with van der Waals surface area (Å²) in [7, 11) is 0. The molecule has 1 aromatic carbocycles. The molecule has 1 aromatic rings. The molecule has 0 bridgehead atoms. The van der Waals surface area contributed by atoms with Crippen LogP contribution in [0.2, 0.25) is 0 Å². The Kier molecular flexibility index (Phi) is 3.24. The summed E-state index contributed by atoms with van der Waals surface area (Å²) in [6.07, 6.45) is 1.84. The van der Waals surface area contributed by atoms with Crippen LogP contribution >= 0.6 is 0 Å². The van der Waals surface area contributed by atoms with E-state index in [0.717, 1.165) is 17.5 Å². The minimum Gasteiger partial charge on any atom is -0.243 e. The molecule has 0 saturated heterocycles. The van der Waals surface area contributed by atoms with Crippen molar-refractivity contribution >= 4 is 0 Å². The molecule has 0 spiro atoms. The maximum atomic E-state index is 12.9. The molecule has 0 aliphatic carbocycles. The van der Waals surface area contributed by atoms with Crippen molar-refractivity contribution in [1.82, 2.24) is 0 Å². The average molecular weight is 178 g/mol. The number of hydrogen-bond donors (Lipinski definition) is 0. The van der Waals surface area contributed by atoms with Crippen LogP contribution in [0.25, 0.3) is 0 Å². The molecule has 0 aromatic heterocycles. The first-order chi connectivity index (χ1) is 6.15. The normalized spacial score (nSPS) is 12.5. The quantitative estimate of drug-likeness (QED) is 0.618. The van der Waals surface area contributed by atoms with Crippen molar-refractivity contribution in [3.63, 3.8) is 0 Å². The highest BCUT2D eigenvalue weighted by atomic mass is 19.1. The van der Waals surface area contributed by atoms with Crippen LogP contribution < -0.4 is 0 Å². The molecule has 70 valence electrons. The molecule has 1 atom stereocenters. The van der Waals surface area contributed by atoms with Gasteiger partial charge in [-0.1, -0.05) is 24.3 Å². The molecule has 0 aliphatic rings. The Labute approximate surface area is 79.1 Å². The number of benzene rings is 1. The first-order valence-corrected chi connectivity index (χ1v) is 4.49. The Morgan fingerprint density at radius 2 is 2.23 bits per heavy atom. The van der Waals surface area contributed by atoms with Gasteiger partial charge in [0.05, 0.1) is 0 Å². The van der Waals surface area contributed by atoms with Gasteiger partial charge in [0, 0.05) is 0 Å². The third-order valence-corrected chi connectivity index (χ3v) is 2.19. The lowest BCUT2D eigenvalue weighted by atomic mass is 10.0. The van der Waals surface area contributed by atoms with Gasteiger partial charge in [-0.2, -0.15) is 0 Å². The third-order valence-electron chi connectivity index (χ3n) is 2.19. The second-order valence-electron chi connectivity index (χ2n) is 3.29. The molecular formula is C12H15F. The van der Waals surface area contributed by atoms with E-state index in [1.54, 1.807) is 6.92 Å². The van der Waals surface area contributed by atoms with Gasteiger partial charge in [0.25, 0.3) is 0 Å². The van der Waals surface area contributed by atoms with Gasteiger partial charge in [-0.25, -0.2) is 4.39 Å². The summed E-state index contributed by atoms with van der Waals surface area (Å²) in [6.45, 7) is 7.24. The predicted molar refractivity (Wildman–Crippen MR) is 54.6 cm³/mol. The summed E-state index contributed by atoms with van der Waals surface area (Å²) in [5.74, 6) is 0. The minimum absolute atomic E-state index is 0.755. The van der Waals surface area contributed by atoms with Gasteiger partial charge >= 0.3 is 0 Å². The maximum absolute atomic E-state index is 12.9. The number of alkyl halides is 1. The van der Waals surface area contributed by atoms with E-state index in [1.165, 1.54) is 5.56 Å². The van der Waals surface area contributed by atoms with Crippen molar-refractivity contribution < 1.29 is 4.39 Å². The number of aryl methyl sites for hydroxylation is 1. The molecular weight excluding hydrogens is 163 g/mol. The van der Waals surface area contributed by atoms with Crippen LogP contribution in [0, 0.1) is 6.92 Å². The Morgan fingerprint density at radius 3 is 2.69 bits per heavy atom. The molecule has 0 heterocycles. The first kappa shape index (κ1) is 9.97. The topological polar surface area (TPSA) is 0 Å². The summed E-state index contributed by atoms with van der Waals surface area (Å²) in [5.41, 5.74) is 3.12. The standard InChI is InChI=1S/C12H15F/c1-4-5-11-6-7-12(10(3)13)8-9(11)2/h4,6-8,10H,1,5H2,2-3H3. The van der Waals surface area contributed by atoms with Gasteiger partial charge in [0.15, 0.2) is 0 Å². The zero-order valence-electron chi connectivity index (χ0n) is 8.18. The fourth-order valence-electron chi connectivity index (χ4n) is 1.35. The molecule has 1 heteroatoms.